The van der Waals surface area contributed by atoms with E-state index < -0.39 is 0 Å². The van der Waals surface area contributed by atoms with Crippen molar-refractivity contribution in [2.45, 2.75) is 17.8 Å². The van der Waals surface area contributed by atoms with Gasteiger partial charge in [-0.3, -0.25) is 14.3 Å². The van der Waals surface area contributed by atoms with Gasteiger partial charge in [-0.1, -0.05) is 54.2 Å². The highest BCUT2D eigenvalue weighted by Gasteiger charge is 2.21. The maximum atomic E-state index is 12.6. The number of para-hydroxylation sites is 2. The fourth-order valence-electron chi connectivity index (χ4n) is 3.59. The lowest BCUT2D eigenvalue weighted by Crippen LogP contribution is -2.41. The van der Waals surface area contributed by atoms with Gasteiger partial charge in [0.25, 0.3) is 0 Å². The first-order valence-corrected chi connectivity index (χ1v) is 11.9. The van der Waals surface area contributed by atoms with E-state index in [1.165, 1.54) is 11.8 Å². The number of rotatable bonds is 8. The van der Waals surface area contributed by atoms with Gasteiger partial charge in [0.15, 0.2) is 22.5 Å². The van der Waals surface area contributed by atoms with E-state index >= 15 is 0 Å². The lowest BCUT2D eigenvalue weighted by Gasteiger charge is -2.26. The summed E-state index contributed by atoms with van der Waals surface area (Å²) in [4.78, 5) is 16.6. The van der Waals surface area contributed by atoms with Gasteiger partial charge in [0, 0.05) is 18.0 Å². The molecule has 172 valence electrons. The van der Waals surface area contributed by atoms with Gasteiger partial charge in [-0.25, -0.2) is 0 Å². The Bertz CT molecular complexity index is 1250. The van der Waals surface area contributed by atoms with Crippen molar-refractivity contribution < 1.29 is 14.3 Å². The Labute approximate surface area is 201 Å². The molecule has 0 aliphatic carbocycles. The number of thioether (sulfide) groups is 1. The Morgan fingerprint density at radius 3 is 2.59 bits per heavy atom. The number of carbonyl (C=O) groups is 1. The fraction of sp³-hybridized carbons (Fsp3) is 0.200. The Morgan fingerprint density at radius 2 is 1.76 bits per heavy atom. The quantitative estimate of drug-likeness (QED) is 0.392. The first kappa shape index (κ1) is 22.0. The number of fused-ring (bicyclic) bond motifs is 1. The van der Waals surface area contributed by atoms with E-state index in [1.54, 1.807) is 12.4 Å². The third-order valence-electron chi connectivity index (χ3n) is 5.27. The minimum Gasteiger partial charge on any atom is -0.486 e. The van der Waals surface area contributed by atoms with Crippen molar-refractivity contribution in [2.75, 3.05) is 18.9 Å². The Balaban J connectivity index is 1.22. The molecule has 0 bridgehead atoms. The molecule has 0 fully saturated rings. The van der Waals surface area contributed by atoms with E-state index in [2.05, 4.69) is 32.6 Å². The van der Waals surface area contributed by atoms with Gasteiger partial charge in [-0.2, -0.15) is 0 Å². The molecule has 1 aliphatic heterocycles. The molecule has 0 unspecified atom stereocenters. The lowest BCUT2D eigenvalue weighted by molar-refractivity contribution is -0.119. The molecule has 3 heterocycles. The van der Waals surface area contributed by atoms with Crippen molar-refractivity contribution in [1.82, 2.24) is 25.1 Å². The number of hydrogen-bond donors (Lipinski definition) is 1. The zero-order chi connectivity index (χ0) is 23.2. The van der Waals surface area contributed by atoms with Crippen molar-refractivity contribution in [3.05, 3.63) is 84.7 Å². The van der Waals surface area contributed by atoms with E-state index in [9.17, 15) is 4.79 Å². The van der Waals surface area contributed by atoms with Crippen molar-refractivity contribution >= 4 is 17.7 Å². The zero-order valence-electron chi connectivity index (χ0n) is 18.3. The molecular weight excluding hydrogens is 450 g/mol. The van der Waals surface area contributed by atoms with Gasteiger partial charge in [0.1, 0.15) is 12.7 Å². The second-order valence-electron chi connectivity index (χ2n) is 7.70. The average molecular weight is 474 g/mol. The second kappa shape index (κ2) is 10.4. The van der Waals surface area contributed by atoms with Crippen LogP contribution >= 0.6 is 11.8 Å². The Kier molecular flexibility index (Phi) is 6.71. The molecule has 1 N–H and O–H groups in total. The van der Waals surface area contributed by atoms with Gasteiger partial charge in [0.2, 0.25) is 5.91 Å². The molecular formula is C25H23N5O3S. The molecule has 4 aromatic rings. The zero-order valence-corrected chi connectivity index (χ0v) is 19.1. The third-order valence-corrected chi connectivity index (χ3v) is 6.23. The van der Waals surface area contributed by atoms with Crippen LogP contribution in [0.4, 0.5) is 0 Å². The minimum atomic E-state index is -0.233. The maximum Gasteiger partial charge on any atom is 0.230 e. The number of nitrogens with one attached hydrogen (secondary N) is 1. The molecule has 0 saturated carbocycles. The summed E-state index contributed by atoms with van der Waals surface area (Å²) >= 11 is 1.35. The largest absolute Gasteiger partial charge is 0.486 e. The van der Waals surface area contributed by atoms with Crippen molar-refractivity contribution in [3.63, 3.8) is 0 Å². The van der Waals surface area contributed by atoms with Crippen LogP contribution in [0.5, 0.6) is 11.5 Å². The molecule has 0 saturated heterocycles. The SMILES string of the molecule is O=C(CSc1nnc(-c2ccncc2)n1Cc1ccccc1)NC[C@@H]1COc2ccccc2O1. The van der Waals surface area contributed by atoms with Gasteiger partial charge < -0.3 is 14.8 Å². The normalized spacial score (nSPS) is 14.5. The molecule has 9 heteroatoms. The van der Waals surface area contributed by atoms with Crippen LogP contribution < -0.4 is 14.8 Å². The van der Waals surface area contributed by atoms with E-state index in [1.807, 2.05) is 59.2 Å². The summed E-state index contributed by atoms with van der Waals surface area (Å²) in [5.74, 6) is 2.27. The van der Waals surface area contributed by atoms with Crippen LogP contribution in [0.25, 0.3) is 11.4 Å². The number of aromatic nitrogens is 4. The second-order valence-corrected chi connectivity index (χ2v) is 8.65. The molecule has 8 nitrogen and oxygen atoms in total. The number of pyridine rings is 1. The predicted molar refractivity (Wildman–Crippen MR) is 129 cm³/mol. The molecule has 0 radical (unpaired) electrons. The third kappa shape index (κ3) is 5.20. The average Bonchev–Trinajstić information content (AvgIpc) is 3.29. The summed E-state index contributed by atoms with van der Waals surface area (Å²) in [6.45, 7) is 1.36. The Hall–Kier alpha value is -3.85. The lowest BCUT2D eigenvalue weighted by atomic mass is 10.2. The molecule has 34 heavy (non-hydrogen) atoms. The summed E-state index contributed by atoms with van der Waals surface area (Å²) in [5.41, 5.74) is 2.04. The van der Waals surface area contributed by atoms with E-state index in [4.69, 9.17) is 9.47 Å². The van der Waals surface area contributed by atoms with E-state index in [0.717, 1.165) is 22.7 Å². The summed E-state index contributed by atoms with van der Waals surface area (Å²) in [7, 11) is 0. The maximum absolute atomic E-state index is 12.6. The molecule has 0 spiro atoms. The van der Waals surface area contributed by atoms with Gasteiger partial charge in [0.05, 0.1) is 18.8 Å². The van der Waals surface area contributed by atoms with Gasteiger partial charge in [-0.05, 0) is 29.8 Å². The molecule has 1 amide bonds. The first-order chi connectivity index (χ1) is 16.8. The number of ether oxygens (including phenoxy) is 2. The van der Waals surface area contributed by atoms with Crippen LogP contribution in [-0.2, 0) is 11.3 Å². The number of carbonyl (C=O) groups excluding carboxylic acids is 1. The molecule has 2 aromatic heterocycles. The molecule has 1 aliphatic rings. The van der Waals surface area contributed by atoms with Gasteiger partial charge >= 0.3 is 0 Å². The number of hydrogen-bond acceptors (Lipinski definition) is 7. The summed E-state index contributed by atoms with van der Waals surface area (Å²) < 4.78 is 13.6. The minimum absolute atomic E-state index is 0.104. The molecule has 1 atom stereocenters. The van der Waals surface area contributed by atoms with Crippen LogP contribution in [0.3, 0.4) is 0 Å². The highest BCUT2D eigenvalue weighted by atomic mass is 32.2. The topological polar surface area (TPSA) is 91.2 Å². The number of benzene rings is 2. The van der Waals surface area contributed by atoms with Crippen molar-refractivity contribution in [2.24, 2.45) is 0 Å². The van der Waals surface area contributed by atoms with Crippen molar-refractivity contribution in [1.29, 1.82) is 0 Å². The van der Waals surface area contributed by atoms with E-state index in [-0.39, 0.29) is 17.8 Å². The Morgan fingerprint density at radius 1 is 1.00 bits per heavy atom. The highest BCUT2D eigenvalue weighted by Crippen LogP contribution is 2.30. The van der Waals surface area contributed by atoms with Crippen LogP contribution in [0.1, 0.15) is 5.56 Å². The summed E-state index contributed by atoms with van der Waals surface area (Å²) in [6, 6.07) is 21.4. The number of amides is 1. The highest BCUT2D eigenvalue weighted by molar-refractivity contribution is 7.99. The molecule has 5 rings (SSSR count). The van der Waals surface area contributed by atoms with Crippen LogP contribution in [0.15, 0.2) is 84.3 Å². The fourth-order valence-corrected chi connectivity index (χ4v) is 4.36. The standard InChI is InChI=1S/C25H23N5O3S/c31-23(27-14-20-16-32-21-8-4-5-9-22(21)33-20)17-34-25-29-28-24(19-10-12-26-13-11-19)30(25)15-18-6-2-1-3-7-18/h1-13,20H,14-17H2,(H,27,31)/t20-/m1/s1. The number of nitrogens with zero attached hydrogens (tertiary/aromatic N) is 4. The summed E-state index contributed by atoms with van der Waals surface area (Å²) in [5, 5.41) is 12.4. The smallest absolute Gasteiger partial charge is 0.230 e. The van der Waals surface area contributed by atoms with Crippen molar-refractivity contribution in [3.8, 4) is 22.9 Å². The predicted octanol–water partition coefficient (Wildman–Crippen LogP) is 3.44. The summed E-state index contributed by atoms with van der Waals surface area (Å²) in [6.07, 6.45) is 3.22. The first-order valence-electron chi connectivity index (χ1n) is 10.9. The molecule has 2 aromatic carbocycles. The van der Waals surface area contributed by atoms with Crippen LogP contribution in [0, 0.1) is 0 Å². The van der Waals surface area contributed by atoms with Gasteiger partial charge in [-0.15, -0.1) is 10.2 Å². The van der Waals surface area contributed by atoms with Crippen LogP contribution in [0.2, 0.25) is 0 Å². The monoisotopic (exact) mass is 473 g/mol. The van der Waals surface area contributed by atoms with Crippen LogP contribution in [-0.4, -0.2) is 50.7 Å². The van der Waals surface area contributed by atoms with E-state index in [0.29, 0.717) is 30.6 Å².